The summed E-state index contributed by atoms with van der Waals surface area (Å²) in [4.78, 5) is 4.89. The van der Waals surface area contributed by atoms with E-state index in [-0.39, 0.29) is 0 Å². The zero-order chi connectivity index (χ0) is 13.7. The highest BCUT2D eigenvalue weighted by Crippen LogP contribution is 2.06. The maximum absolute atomic E-state index is 12.0. The highest BCUT2D eigenvalue weighted by molar-refractivity contribution is 7.89. The van der Waals surface area contributed by atoms with Crippen LogP contribution in [-0.2, 0) is 10.0 Å². The van der Waals surface area contributed by atoms with E-state index >= 15 is 0 Å². The lowest BCUT2D eigenvalue weighted by Crippen LogP contribution is -2.46. The molecule has 2 rings (SSSR count). The molecule has 1 heterocycles. The molecule has 0 amide bonds. The molecule has 1 N–H and O–H groups in total. The van der Waals surface area contributed by atoms with Crippen molar-refractivity contribution in [2.75, 3.05) is 46.3 Å². The minimum Gasteiger partial charge on any atom is -0.304 e. The number of piperazine rings is 1. The van der Waals surface area contributed by atoms with Crippen LogP contribution in [0.5, 0.6) is 0 Å². The van der Waals surface area contributed by atoms with Crippen molar-refractivity contribution in [1.82, 2.24) is 14.5 Å². The van der Waals surface area contributed by atoms with Crippen molar-refractivity contribution in [3.05, 3.63) is 30.3 Å². The summed E-state index contributed by atoms with van der Waals surface area (Å²) < 4.78 is 26.6. The molecule has 0 saturated carbocycles. The maximum atomic E-state index is 12.0. The first kappa shape index (κ1) is 14.5. The van der Waals surface area contributed by atoms with Gasteiger partial charge in [0.2, 0.25) is 10.0 Å². The monoisotopic (exact) mass is 283 g/mol. The zero-order valence-electron chi connectivity index (χ0n) is 11.2. The Morgan fingerprint density at radius 3 is 2.37 bits per heavy atom. The van der Waals surface area contributed by atoms with Crippen LogP contribution in [0.4, 0.5) is 0 Å². The molecule has 0 aromatic heterocycles. The fourth-order valence-corrected chi connectivity index (χ4v) is 3.13. The van der Waals surface area contributed by atoms with Gasteiger partial charge in [-0.1, -0.05) is 18.2 Å². The van der Waals surface area contributed by atoms with Crippen molar-refractivity contribution < 1.29 is 8.42 Å². The van der Waals surface area contributed by atoms with Crippen molar-refractivity contribution in [2.24, 2.45) is 0 Å². The van der Waals surface area contributed by atoms with Crippen LogP contribution in [0.3, 0.4) is 0 Å². The van der Waals surface area contributed by atoms with Gasteiger partial charge in [0.05, 0.1) is 4.90 Å². The van der Waals surface area contributed by atoms with E-state index in [2.05, 4.69) is 21.6 Å². The predicted octanol–water partition coefficient (Wildman–Crippen LogP) is 0.212. The number of sulfonamides is 1. The van der Waals surface area contributed by atoms with Gasteiger partial charge in [-0.15, -0.1) is 0 Å². The summed E-state index contributed by atoms with van der Waals surface area (Å²) in [5.41, 5.74) is 0. The minimum absolute atomic E-state index is 0.327. The minimum atomic E-state index is -3.36. The second-order valence-corrected chi connectivity index (χ2v) is 6.62. The zero-order valence-corrected chi connectivity index (χ0v) is 12.1. The van der Waals surface area contributed by atoms with Gasteiger partial charge in [0, 0.05) is 39.3 Å². The van der Waals surface area contributed by atoms with E-state index < -0.39 is 10.0 Å². The number of hydrogen-bond donors (Lipinski definition) is 1. The van der Waals surface area contributed by atoms with Gasteiger partial charge in [-0.3, -0.25) is 4.90 Å². The number of nitrogens with one attached hydrogen (secondary N) is 1. The van der Waals surface area contributed by atoms with E-state index in [1.54, 1.807) is 24.3 Å². The fraction of sp³-hybridized carbons (Fsp3) is 0.538. The molecule has 5 nitrogen and oxygen atoms in total. The first-order valence-electron chi connectivity index (χ1n) is 6.53. The van der Waals surface area contributed by atoms with Gasteiger partial charge >= 0.3 is 0 Å². The van der Waals surface area contributed by atoms with Crippen LogP contribution in [-0.4, -0.2) is 64.5 Å². The molecule has 1 aromatic carbocycles. The molecule has 0 aliphatic carbocycles. The molecule has 0 bridgehead atoms. The van der Waals surface area contributed by atoms with E-state index in [9.17, 15) is 8.42 Å². The van der Waals surface area contributed by atoms with Gasteiger partial charge in [0.15, 0.2) is 0 Å². The van der Waals surface area contributed by atoms with Gasteiger partial charge in [-0.2, -0.15) is 0 Å². The topological polar surface area (TPSA) is 52.6 Å². The summed E-state index contributed by atoms with van der Waals surface area (Å²) >= 11 is 0. The Morgan fingerprint density at radius 2 is 1.74 bits per heavy atom. The van der Waals surface area contributed by atoms with Crippen LogP contribution in [0.25, 0.3) is 0 Å². The van der Waals surface area contributed by atoms with Gasteiger partial charge in [-0.25, -0.2) is 13.1 Å². The summed E-state index contributed by atoms with van der Waals surface area (Å²) in [6.45, 7) is 5.32. The van der Waals surface area contributed by atoms with Crippen LogP contribution in [0.15, 0.2) is 35.2 Å². The summed E-state index contributed by atoms with van der Waals surface area (Å²) in [6, 6.07) is 8.49. The number of nitrogens with zero attached hydrogens (tertiary/aromatic N) is 2. The Balaban J connectivity index is 1.79. The Bertz CT molecular complexity index is 482. The number of rotatable bonds is 5. The normalized spacial score (nSPS) is 18.6. The first-order valence-corrected chi connectivity index (χ1v) is 8.02. The smallest absolute Gasteiger partial charge is 0.240 e. The summed E-state index contributed by atoms with van der Waals surface area (Å²) in [5.74, 6) is 0. The third-order valence-electron chi connectivity index (χ3n) is 3.37. The SMILES string of the molecule is CN1CCN(CCNS(=O)(=O)c2ccccc2)CC1. The van der Waals surface area contributed by atoms with Crippen molar-refractivity contribution in [3.8, 4) is 0 Å². The summed E-state index contributed by atoms with van der Waals surface area (Å²) in [6.07, 6.45) is 0. The third-order valence-corrected chi connectivity index (χ3v) is 4.85. The highest BCUT2D eigenvalue weighted by Gasteiger charge is 2.16. The lowest BCUT2D eigenvalue weighted by atomic mass is 10.3. The maximum Gasteiger partial charge on any atom is 0.240 e. The van der Waals surface area contributed by atoms with E-state index in [1.807, 2.05) is 6.07 Å². The van der Waals surface area contributed by atoms with E-state index in [0.29, 0.717) is 11.4 Å². The Hall–Kier alpha value is -0.950. The van der Waals surface area contributed by atoms with Crippen molar-refractivity contribution in [1.29, 1.82) is 0 Å². The number of likely N-dealkylation sites (N-methyl/N-ethyl adjacent to an activating group) is 1. The summed E-state index contributed by atoms with van der Waals surface area (Å²) in [5, 5.41) is 0. The fourth-order valence-electron chi connectivity index (χ4n) is 2.09. The quantitative estimate of drug-likeness (QED) is 0.839. The molecule has 6 heteroatoms. The third kappa shape index (κ3) is 4.28. The molecule has 0 spiro atoms. The molecule has 0 radical (unpaired) electrons. The average molecular weight is 283 g/mol. The Kier molecular flexibility index (Phi) is 4.93. The number of hydrogen-bond acceptors (Lipinski definition) is 4. The van der Waals surface area contributed by atoms with Crippen molar-refractivity contribution >= 4 is 10.0 Å². The van der Waals surface area contributed by atoms with Crippen LogP contribution in [0.2, 0.25) is 0 Å². The molecular formula is C13H21N3O2S. The van der Waals surface area contributed by atoms with Crippen molar-refractivity contribution in [3.63, 3.8) is 0 Å². The van der Waals surface area contributed by atoms with Crippen molar-refractivity contribution in [2.45, 2.75) is 4.90 Å². The second-order valence-electron chi connectivity index (χ2n) is 4.86. The molecule has 0 unspecified atom stereocenters. The molecule has 1 aliphatic rings. The predicted molar refractivity (Wildman–Crippen MR) is 75.6 cm³/mol. The summed E-state index contributed by atoms with van der Waals surface area (Å²) in [7, 11) is -1.25. The average Bonchev–Trinajstić information content (AvgIpc) is 2.42. The molecule has 1 fully saturated rings. The lowest BCUT2D eigenvalue weighted by molar-refractivity contribution is 0.156. The van der Waals surface area contributed by atoms with Gasteiger partial charge in [-0.05, 0) is 19.2 Å². The Morgan fingerprint density at radius 1 is 1.11 bits per heavy atom. The molecular weight excluding hydrogens is 262 g/mol. The molecule has 19 heavy (non-hydrogen) atoms. The highest BCUT2D eigenvalue weighted by atomic mass is 32.2. The van der Waals surface area contributed by atoms with Crippen LogP contribution in [0.1, 0.15) is 0 Å². The molecule has 106 valence electrons. The van der Waals surface area contributed by atoms with Gasteiger partial charge in [0.25, 0.3) is 0 Å². The first-order chi connectivity index (χ1) is 9.08. The van der Waals surface area contributed by atoms with Crippen LogP contribution in [0, 0.1) is 0 Å². The second kappa shape index (κ2) is 6.47. The van der Waals surface area contributed by atoms with Gasteiger partial charge < -0.3 is 4.90 Å². The van der Waals surface area contributed by atoms with Crippen LogP contribution >= 0.6 is 0 Å². The molecule has 1 aliphatic heterocycles. The largest absolute Gasteiger partial charge is 0.304 e. The standard InChI is InChI=1S/C13H21N3O2S/c1-15-9-11-16(12-10-15)8-7-14-19(17,18)13-5-3-2-4-6-13/h2-6,14H,7-12H2,1H3. The van der Waals surface area contributed by atoms with E-state index in [1.165, 1.54) is 0 Å². The molecule has 1 aromatic rings. The van der Waals surface area contributed by atoms with Gasteiger partial charge in [0.1, 0.15) is 0 Å². The van der Waals surface area contributed by atoms with E-state index in [0.717, 1.165) is 32.7 Å². The lowest BCUT2D eigenvalue weighted by Gasteiger charge is -2.32. The van der Waals surface area contributed by atoms with E-state index in [4.69, 9.17) is 0 Å². The van der Waals surface area contributed by atoms with Crippen LogP contribution < -0.4 is 4.72 Å². The Labute approximate surface area is 115 Å². The number of benzene rings is 1. The molecule has 0 atom stereocenters. The molecule has 1 saturated heterocycles.